The number of carbonyl (C=O) groups is 1. The summed E-state index contributed by atoms with van der Waals surface area (Å²) in [6.07, 6.45) is 0. The first-order valence-electron chi connectivity index (χ1n) is 5.63. The van der Waals surface area contributed by atoms with Crippen molar-refractivity contribution in [3.05, 3.63) is 77.4 Å². The SMILES string of the molecule is O=C(c1ccc([N+](=O)[O-])cc1)c1ccc(I)c([N+](=O)[O-])c1. The quantitative estimate of drug-likeness (QED) is 0.340. The molecule has 0 amide bonds. The number of ketones is 1. The summed E-state index contributed by atoms with van der Waals surface area (Å²) in [7, 11) is 0. The number of benzene rings is 2. The van der Waals surface area contributed by atoms with Gasteiger partial charge in [0.2, 0.25) is 0 Å². The number of nitro groups is 2. The number of nitrogens with zero attached hydrogens (tertiary/aromatic N) is 2. The fourth-order valence-electron chi connectivity index (χ4n) is 1.70. The van der Waals surface area contributed by atoms with E-state index in [2.05, 4.69) is 0 Å². The molecule has 7 nitrogen and oxygen atoms in total. The zero-order valence-corrected chi connectivity index (χ0v) is 12.5. The molecule has 0 saturated carbocycles. The van der Waals surface area contributed by atoms with Crippen LogP contribution in [0.2, 0.25) is 0 Å². The van der Waals surface area contributed by atoms with Gasteiger partial charge >= 0.3 is 0 Å². The van der Waals surface area contributed by atoms with E-state index in [-0.39, 0.29) is 22.5 Å². The average molecular weight is 398 g/mol. The van der Waals surface area contributed by atoms with Crippen LogP contribution < -0.4 is 0 Å². The van der Waals surface area contributed by atoms with Crippen LogP contribution in [0.3, 0.4) is 0 Å². The van der Waals surface area contributed by atoms with Crippen LogP contribution in [-0.4, -0.2) is 15.6 Å². The second kappa shape index (κ2) is 5.95. The Morgan fingerprint density at radius 2 is 1.48 bits per heavy atom. The lowest BCUT2D eigenvalue weighted by molar-refractivity contribution is -0.385. The summed E-state index contributed by atoms with van der Waals surface area (Å²) in [6, 6.07) is 9.25. The fourth-order valence-corrected chi connectivity index (χ4v) is 2.23. The van der Waals surface area contributed by atoms with Gasteiger partial charge in [-0.3, -0.25) is 25.0 Å². The molecule has 0 aromatic heterocycles. The third-order valence-electron chi connectivity index (χ3n) is 2.75. The topological polar surface area (TPSA) is 103 Å². The number of carbonyl (C=O) groups excluding carboxylic acids is 1. The van der Waals surface area contributed by atoms with Gasteiger partial charge in [0.1, 0.15) is 0 Å². The van der Waals surface area contributed by atoms with E-state index in [1.165, 1.54) is 42.5 Å². The lowest BCUT2D eigenvalue weighted by Gasteiger charge is -2.02. The summed E-state index contributed by atoms with van der Waals surface area (Å²) in [6.45, 7) is 0. The highest BCUT2D eigenvalue weighted by Crippen LogP contribution is 2.24. The predicted molar refractivity (Wildman–Crippen MR) is 82.3 cm³/mol. The largest absolute Gasteiger partial charge is 0.289 e. The van der Waals surface area contributed by atoms with Crippen LogP contribution in [0.1, 0.15) is 15.9 Å². The Kier molecular flexibility index (Phi) is 4.26. The van der Waals surface area contributed by atoms with Crippen molar-refractivity contribution in [2.75, 3.05) is 0 Å². The summed E-state index contributed by atoms with van der Waals surface area (Å²) in [5.74, 6) is -0.426. The zero-order chi connectivity index (χ0) is 15.6. The van der Waals surface area contributed by atoms with E-state index >= 15 is 0 Å². The molecule has 0 saturated heterocycles. The van der Waals surface area contributed by atoms with E-state index in [0.29, 0.717) is 3.57 Å². The van der Waals surface area contributed by atoms with Crippen LogP contribution in [-0.2, 0) is 0 Å². The van der Waals surface area contributed by atoms with Crippen molar-refractivity contribution in [2.24, 2.45) is 0 Å². The smallest absolute Gasteiger partial charge is 0.283 e. The monoisotopic (exact) mass is 398 g/mol. The van der Waals surface area contributed by atoms with Crippen LogP contribution in [0.5, 0.6) is 0 Å². The maximum atomic E-state index is 12.2. The first kappa shape index (κ1) is 15.0. The van der Waals surface area contributed by atoms with Gasteiger partial charge in [-0.2, -0.15) is 0 Å². The number of halogens is 1. The fraction of sp³-hybridized carbons (Fsp3) is 0. The normalized spacial score (nSPS) is 10.1. The highest BCUT2D eigenvalue weighted by Gasteiger charge is 2.17. The number of hydrogen-bond acceptors (Lipinski definition) is 5. The predicted octanol–water partition coefficient (Wildman–Crippen LogP) is 3.34. The lowest BCUT2D eigenvalue weighted by atomic mass is 10.0. The number of nitro benzene ring substituents is 2. The van der Waals surface area contributed by atoms with Crippen LogP contribution >= 0.6 is 22.6 Å². The van der Waals surface area contributed by atoms with Crippen LogP contribution in [0, 0.1) is 23.8 Å². The van der Waals surface area contributed by atoms with E-state index in [1.807, 2.05) is 22.6 Å². The van der Waals surface area contributed by atoms with E-state index < -0.39 is 15.6 Å². The molecule has 0 spiro atoms. The summed E-state index contributed by atoms with van der Waals surface area (Å²) < 4.78 is 0.429. The Hall–Kier alpha value is -2.36. The van der Waals surface area contributed by atoms with Crippen LogP contribution in [0.25, 0.3) is 0 Å². The molecular formula is C13H7IN2O5. The van der Waals surface area contributed by atoms with Gasteiger partial charge in [0.15, 0.2) is 5.78 Å². The molecule has 0 bridgehead atoms. The van der Waals surface area contributed by atoms with Gasteiger partial charge in [-0.1, -0.05) is 0 Å². The first-order chi connectivity index (χ1) is 9.90. The van der Waals surface area contributed by atoms with Crippen LogP contribution in [0.15, 0.2) is 42.5 Å². The molecule has 2 aromatic rings. The molecule has 8 heteroatoms. The Morgan fingerprint density at radius 3 is 2.00 bits per heavy atom. The standard InChI is InChI=1S/C13H7IN2O5/c14-11-6-3-9(7-12(11)16(20)21)13(17)8-1-4-10(5-2-8)15(18)19/h1-7H. The molecule has 0 radical (unpaired) electrons. The molecule has 2 rings (SSSR count). The van der Waals surface area contributed by atoms with Crippen molar-refractivity contribution in [1.29, 1.82) is 0 Å². The molecule has 0 aliphatic carbocycles. The Morgan fingerprint density at radius 1 is 0.905 bits per heavy atom. The highest BCUT2D eigenvalue weighted by atomic mass is 127. The highest BCUT2D eigenvalue weighted by molar-refractivity contribution is 14.1. The molecule has 2 aromatic carbocycles. The van der Waals surface area contributed by atoms with Crippen molar-refractivity contribution < 1.29 is 14.6 Å². The molecule has 21 heavy (non-hydrogen) atoms. The van der Waals surface area contributed by atoms with Crippen molar-refractivity contribution in [3.8, 4) is 0 Å². The van der Waals surface area contributed by atoms with Gasteiger partial charge in [0, 0.05) is 29.3 Å². The van der Waals surface area contributed by atoms with Crippen molar-refractivity contribution in [1.82, 2.24) is 0 Å². The molecule has 0 unspecified atom stereocenters. The van der Waals surface area contributed by atoms with E-state index in [4.69, 9.17) is 0 Å². The van der Waals surface area contributed by atoms with E-state index in [9.17, 15) is 25.0 Å². The molecule has 106 valence electrons. The second-order valence-corrected chi connectivity index (χ2v) is 5.22. The third-order valence-corrected chi connectivity index (χ3v) is 3.66. The minimum atomic E-state index is -0.565. The van der Waals surface area contributed by atoms with Gasteiger partial charge in [-0.15, -0.1) is 0 Å². The van der Waals surface area contributed by atoms with Crippen molar-refractivity contribution >= 4 is 39.7 Å². The van der Waals surface area contributed by atoms with Crippen LogP contribution in [0.4, 0.5) is 11.4 Å². The summed E-state index contributed by atoms with van der Waals surface area (Å²) in [4.78, 5) is 32.5. The molecule has 0 aliphatic rings. The molecule has 0 atom stereocenters. The lowest BCUT2D eigenvalue weighted by Crippen LogP contribution is -2.03. The summed E-state index contributed by atoms with van der Waals surface area (Å²) >= 11 is 1.81. The summed E-state index contributed by atoms with van der Waals surface area (Å²) in [5.41, 5.74) is 0.121. The van der Waals surface area contributed by atoms with Gasteiger partial charge in [-0.05, 0) is 46.9 Å². The van der Waals surface area contributed by atoms with Crippen molar-refractivity contribution in [3.63, 3.8) is 0 Å². The van der Waals surface area contributed by atoms with Gasteiger partial charge in [0.25, 0.3) is 11.4 Å². The van der Waals surface area contributed by atoms with Crippen molar-refractivity contribution in [2.45, 2.75) is 0 Å². The van der Waals surface area contributed by atoms with E-state index in [1.54, 1.807) is 0 Å². The molecular weight excluding hydrogens is 391 g/mol. The Balaban J connectivity index is 2.38. The Labute approximate surface area is 132 Å². The second-order valence-electron chi connectivity index (χ2n) is 4.06. The first-order valence-corrected chi connectivity index (χ1v) is 6.71. The average Bonchev–Trinajstić information content (AvgIpc) is 2.46. The number of rotatable bonds is 4. The van der Waals surface area contributed by atoms with Gasteiger partial charge in [0.05, 0.1) is 13.4 Å². The van der Waals surface area contributed by atoms with E-state index in [0.717, 1.165) is 0 Å². The minimum Gasteiger partial charge on any atom is -0.289 e. The molecule has 0 N–H and O–H groups in total. The number of non-ortho nitro benzene ring substituents is 1. The zero-order valence-electron chi connectivity index (χ0n) is 10.4. The molecule has 0 fully saturated rings. The van der Waals surface area contributed by atoms with Gasteiger partial charge < -0.3 is 0 Å². The molecule has 0 aliphatic heterocycles. The minimum absolute atomic E-state index is 0.125. The maximum Gasteiger partial charge on any atom is 0.283 e. The summed E-state index contributed by atoms with van der Waals surface area (Å²) in [5, 5.41) is 21.4. The molecule has 0 heterocycles. The Bertz CT molecular complexity index is 743. The maximum absolute atomic E-state index is 12.2. The van der Waals surface area contributed by atoms with Gasteiger partial charge in [-0.25, -0.2) is 0 Å². The number of hydrogen-bond donors (Lipinski definition) is 0. The third kappa shape index (κ3) is 3.21.